The molecular formula is C26H32F21I. The van der Waals surface area contributed by atoms with Gasteiger partial charge < -0.3 is 0 Å². The number of alkyl halides is 22. The highest BCUT2D eigenvalue weighted by atomic mass is 127. The van der Waals surface area contributed by atoms with E-state index in [1.807, 2.05) is 0 Å². The molecule has 48 heavy (non-hydrogen) atoms. The summed E-state index contributed by atoms with van der Waals surface area (Å²) in [5.41, 5.74) is 0. The SMILES string of the molecule is CCCCCCCCCCCCCCC(I)CC(F)(F)C(F)(F)C(F)(F)C(F)(F)C(F)(F)C(F)(F)C(F)(F)C(F)(F)C(F)(F)C(F)(F)F. The van der Waals surface area contributed by atoms with Gasteiger partial charge in [0.2, 0.25) is 0 Å². The molecule has 0 nitrogen and oxygen atoms in total. The molecule has 0 aromatic heterocycles. The maximum Gasteiger partial charge on any atom is 0.460 e. The van der Waals surface area contributed by atoms with E-state index >= 15 is 0 Å². The van der Waals surface area contributed by atoms with Crippen LogP contribution >= 0.6 is 22.6 Å². The normalized spacial score (nSPS) is 16.1. The highest BCUT2D eigenvalue weighted by Crippen LogP contribution is 2.66. The maximum absolute atomic E-state index is 14.2. The third kappa shape index (κ3) is 9.00. The van der Waals surface area contributed by atoms with E-state index in [2.05, 4.69) is 6.92 Å². The average molecular weight is 870 g/mol. The van der Waals surface area contributed by atoms with E-state index in [1.165, 1.54) is 0 Å². The van der Waals surface area contributed by atoms with Gasteiger partial charge in [-0.3, -0.25) is 0 Å². The predicted molar refractivity (Wildman–Crippen MR) is 139 cm³/mol. The van der Waals surface area contributed by atoms with Gasteiger partial charge in [0.1, 0.15) is 0 Å². The minimum Gasteiger partial charge on any atom is -0.200 e. The molecule has 0 fully saturated rings. The Morgan fingerprint density at radius 1 is 0.354 bits per heavy atom. The van der Waals surface area contributed by atoms with Crippen LogP contribution in [0.1, 0.15) is 96.8 Å². The number of unbranched alkanes of at least 4 members (excludes halogenated alkanes) is 11. The summed E-state index contributed by atoms with van der Waals surface area (Å²) in [6, 6.07) is 0. The second kappa shape index (κ2) is 16.3. The van der Waals surface area contributed by atoms with Gasteiger partial charge in [-0.2, -0.15) is 92.2 Å². The topological polar surface area (TPSA) is 0 Å². The molecule has 0 rings (SSSR count). The average Bonchev–Trinajstić information content (AvgIpc) is 2.91. The second-order valence-electron chi connectivity index (χ2n) is 11.3. The lowest BCUT2D eigenvalue weighted by Gasteiger charge is -2.44. The minimum atomic E-state index is -9.14. The molecule has 0 N–H and O–H groups in total. The van der Waals surface area contributed by atoms with Crippen LogP contribution in [0.5, 0.6) is 0 Å². The summed E-state index contributed by atoms with van der Waals surface area (Å²) in [5, 5.41) is 0. The van der Waals surface area contributed by atoms with Gasteiger partial charge in [0, 0.05) is 10.3 Å². The third-order valence-electron chi connectivity index (χ3n) is 7.42. The Balaban J connectivity index is 5.77. The Labute approximate surface area is 275 Å². The first-order valence-electron chi connectivity index (χ1n) is 14.3. The van der Waals surface area contributed by atoms with Crippen molar-refractivity contribution >= 4 is 22.6 Å². The van der Waals surface area contributed by atoms with Gasteiger partial charge in [0.05, 0.1) is 0 Å². The van der Waals surface area contributed by atoms with Crippen molar-refractivity contribution in [1.82, 2.24) is 0 Å². The summed E-state index contributed by atoms with van der Waals surface area (Å²) >= 11 is 0.951. The van der Waals surface area contributed by atoms with Crippen molar-refractivity contribution in [3.8, 4) is 0 Å². The highest BCUT2D eigenvalue weighted by molar-refractivity contribution is 14.1. The molecule has 22 heteroatoms. The molecule has 0 aliphatic heterocycles. The van der Waals surface area contributed by atoms with E-state index in [-0.39, 0.29) is 12.8 Å². The Bertz CT molecular complexity index is 973. The molecule has 0 saturated heterocycles. The van der Waals surface area contributed by atoms with E-state index in [1.54, 1.807) is 0 Å². The van der Waals surface area contributed by atoms with Crippen LogP contribution in [-0.2, 0) is 0 Å². The van der Waals surface area contributed by atoms with Crippen molar-refractivity contribution < 1.29 is 92.2 Å². The predicted octanol–water partition coefficient (Wildman–Crippen LogP) is 13.6. The molecule has 0 aliphatic rings. The van der Waals surface area contributed by atoms with E-state index in [9.17, 15) is 92.2 Å². The van der Waals surface area contributed by atoms with Crippen LogP contribution in [-0.4, -0.2) is 63.4 Å². The quantitative estimate of drug-likeness (QED) is 0.0415. The van der Waals surface area contributed by atoms with Crippen molar-refractivity contribution in [3.05, 3.63) is 0 Å². The lowest BCUT2D eigenvalue weighted by molar-refractivity contribution is -0.474. The van der Waals surface area contributed by atoms with E-state index in [4.69, 9.17) is 0 Å². The van der Waals surface area contributed by atoms with Crippen LogP contribution in [0.15, 0.2) is 0 Å². The molecule has 0 heterocycles. The van der Waals surface area contributed by atoms with Crippen molar-refractivity contribution in [3.63, 3.8) is 0 Å². The standard InChI is InChI=1S/C26H32F21I/c1-2-3-4-5-6-7-8-9-10-11-12-13-14-16(48)15-17(27,28)18(29,30)19(31,32)20(33,34)21(35,36)22(37,38)23(39,40)24(41,42)25(43,44)26(45,46)47/h16H,2-15H2,1H3. The molecule has 0 aromatic carbocycles. The first-order chi connectivity index (χ1) is 21.2. The Kier molecular flexibility index (Phi) is 16.0. The van der Waals surface area contributed by atoms with Crippen LogP contribution in [0.2, 0.25) is 0 Å². The Hall–Kier alpha value is -0.740. The smallest absolute Gasteiger partial charge is 0.200 e. The monoisotopic (exact) mass is 870 g/mol. The molecule has 0 aromatic rings. The Morgan fingerprint density at radius 2 is 0.604 bits per heavy atom. The molecule has 0 amide bonds. The van der Waals surface area contributed by atoms with Crippen LogP contribution in [0.25, 0.3) is 0 Å². The minimum absolute atomic E-state index is 0.0328. The van der Waals surface area contributed by atoms with Gasteiger partial charge in [-0.15, -0.1) is 0 Å². The molecule has 0 bridgehead atoms. The second-order valence-corrected chi connectivity index (χ2v) is 13.0. The first kappa shape index (κ1) is 47.3. The summed E-state index contributed by atoms with van der Waals surface area (Å²) in [6.07, 6.45) is -1.62. The fourth-order valence-electron chi connectivity index (χ4n) is 4.31. The first-order valence-corrected chi connectivity index (χ1v) is 15.6. The van der Waals surface area contributed by atoms with Crippen LogP contribution in [0.3, 0.4) is 0 Å². The van der Waals surface area contributed by atoms with E-state index < -0.39 is 76.2 Å². The lowest BCUT2D eigenvalue weighted by Crippen LogP contribution is -2.76. The molecule has 0 saturated carbocycles. The molecule has 1 unspecified atom stereocenters. The lowest BCUT2D eigenvalue weighted by atomic mass is 9.85. The zero-order valence-electron chi connectivity index (χ0n) is 24.8. The summed E-state index contributed by atoms with van der Waals surface area (Å²) in [5.74, 6) is -76.4. The van der Waals surface area contributed by atoms with Gasteiger partial charge in [-0.1, -0.05) is 107 Å². The summed E-state index contributed by atoms with van der Waals surface area (Å²) < 4.78 is 282. The van der Waals surface area contributed by atoms with Gasteiger partial charge in [-0.25, -0.2) is 0 Å². The van der Waals surface area contributed by atoms with Crippen LogP contribution in [0.4, 0.5) is 92.2 Å². The van der Waals surface area contributed by atoms with Crippen molar-refractivity contribution in [1.29, 1.82) is 0 Å². The number of halogens is 22. The van der Waals surface area contributed by atoms with Crippen molar-refractivity contribution in [2.24, 2.45) is 0 Å². The fraction of sp³-hybridized carbons (Fsp3) is 1.00. The van der Waals surface area contributed by atoms with Crippen molar-refractivity contribution in [2.45, 2.75) is 160 Å². The molecule has 1 atom stereocenters. The highest BCUT2D eigenvalue weighted by Gasteiger charge is 2.97. The Morgan fingerprint density at radius 3 is 0.896 bits per heavy atom. The number of hydrogen-bond donors (Lipinski definition) is 0. The van der Waals surface area contributed by atoms with Gasteiger partial charge in [0.25, 0.3) is 0 Å². The summed E-state index contributed by atoms with van der Waals surface area (Å²) in [6.45, 7) is 2.05. The van der Waals surface area contributed by atoms with E-state index in [0.717, 1.165) is 74.0 Å². The van der Waals surface area contributed by atoms with Crippen LogP contribution < -0.4 is 0 Å². The van der Waals surface area contributed by atoms with Crippen LogP contribution in [0, 0.1) is 0 Å². The number of hydrogen-bond acceptors (Lipinski definition) is 0. The zero-order chi connectivity index (χ0) is 38.5. The maximum atomic E-state index is 14.2. The summed E-state index contributed by atoms with van der Waals surface area (Å²) in [4.78, 5) is 0. The third-order valence-corrected chi connectivity index (χ3v) is 8.49. The number of rotatable bonds is 23. The van der Waals surface area contributed by atoms with Gasteiger partial charge in [0.15, 0.2) is 0 Å². The molecular weight excluding hydrogens is 838 g/mol. The molecule has 0 aliphatic carbocycles. The molecule has 0 radical (unpaired) electrons. The fourth-order valence-corrected chi connectivity index (χ4v) is 5.30. The molecule has 290 valence electrons. The molecule has 0 spiro atoms. The summed E-state index contributed by atoms with van der Waals surface area (Å²) in [7, 11) is 0. The van der Waals surface area contributed by atoms with E-state index in [0.29, 0.717) is 12.8 Å². The zero-order valence-corrected chi connectivity index (χ0v) is 26.9. The van der Waals surface area contributed by atoms with Crippen molar-refractivity contribution in [2.75, 3.05) is 0 Å². The largest absolute Gasteiger partial charge is 0.460 e. The van der Waals surface area contributed by atoms with Gasteiger partial charge in [-0.05, 0) is 6.42 Å². The van der Waals surface area contributed by atoms with Gasteiger partial charge >= 0.3 is 59.5 Å².